The van der Waals surface area contributed by atoms with E-state index < -0.39 is 0 Å². The van der Waals surface area contributed by atoms with Crippen LogP contribution in [0, 0.1) is 0 Å². The minimum Gasteiger partial charge on any atom is -0.465 e. The fourth-order valence-corrected chi connectivity index (χ4v) is 1.71. The molecular formula is C7H7NOS. The Morgan fingerprint density at radius 3 is 3.00 bits per heavy atom. The van der Waals surface area contributed by atoms with Crippen LogP contribution in [0.1, 0.15) is 0 Å². The number of nitrogens with two attached hydrogens (primary N) is 1. The van der Waals surface area contributed by atoms with Crippen LogP contribution in [0.4, 0.5) is 0 Å². The lowest BCUT2D eigenvalue weighted by Crippen LogP contribution is -2.18. The average Bonchev–Trinajstić information content (AvgIpc) is 2.27. The molecule has 0 saturated carbocycles. The minimum absolute atomic E-state index is 0.211. The van der Waals surface area contributed by atoms with Crippen molar-refractivity contribution in [1.29, 1.82) is 0 Å². The van der Waals surface area contributed by atoms with Gasteiger partial charge in [0.05, 0.1) is 4.90 Å². The first kappa shape index (κ1) is 6.07. The van der Waals surface area contributed by atoms with Gasteiger partial charge in [-0.3, -0.25) is 5.73 Å². The summed E-state index contributed by atoms with van der Waals surface area (Å²) in [5.74, 6) is 0.903. The zero-order valence-corrected chi connectivity index (χ0v) is 6.10. The monoisotopic (exact) mass is 153 g/mol. The molecule has 2 N–H and O–H groups in total. The van der Waals surface area contributed by atoms with Crippen molar-refractivity contribution >= 4 is 11.8 Å². The second kappa shape index (κ2) is 2.18. The van der Waals surface area contributed by atoms with Crippen LogP contribution in [0.15, 0.2) is 29.2 Å². The Balaban J connectivity index is 2.42. The second-order valence-corrected chi connectivity index (χ2v) is 3.19. The molecule has 1 atom stereocenters. The molecule has 1 aromatic rings. The number of thioether (sulfide) groups is 1. The Kier molecular flexibility index (Phi) is 1.32. The van der Waals surface area contributed by atoms with Gasteiger partial charge in [0.2, 0.25) is 5.56 Å². The van der Waals surface area contributed by atoms with Gasteiger partial charge in [0.25, 0.3) is 0 Å². The third-order valence-corrected chi connectivity index (χ3v) is 2.26. The van der Waals surface area contributed by atoms with Gasteiger partial charge >= 0.3 is 0 Å². The molecule has 2 nitrogen and oxygen atoms in total. The van der Waals surface area contributed by atoms with Gasteiger partial charge in [-0.15, -0.1) is 0 Å². The Bertz CT molecular complexity index is 226. The van der Waals surface area contributed by atoms with E-state index in [9.17, 15) is 0 Å². The van der Waals surface area contributed by atoms with Crippen LogP contribution in [0.2, 0.25) is 0 Å². The quantitative estimate of drug-likeness (QED) is 0.612. The van der Waals surface area contributed by atoms with Crippen molar-refractivity contribution in [1.82, 2.24) is 0 Å². The summed E-state index contributed by atoms with van der Waals surface area (Å²) in [4.78, 5) is 1.13. The standard InChI is InChI=1S/C7H7NOS/c8-7-9-5-3-1-2-4-6(5)10-7/h1-4,7H,8H2. The molecule has 0 amide bonds. The summed E-state index contributed by atoms with van der Waals surface area (Å²) in [7, 11) is 0. The number of para-hydroxylation sites is 1. The van der Waals surface area contributed by atoms with Gasteiger partial charge in [-0.05, 0) is 12.1 Å². The number of rotatable bonds is 0. The molecule has 0 saturated heterocycles. The topological polar surface area (TPSA) is 35.2 Å². The summed E-state index contributed by atoms with van der Waals surface area (Å²) in [6.45, 7) is 0. The Hall–Kier alpha value is -0.670. The molecule has 0 bridgehead atoms. The maximum absolute atomic E-state index is 5.53. The molecule has 1 aromatic carbocycles. The van der Waals surface area contributed by atoms with Crippen molar-refractivity contribution in [2.24, 2.45) is 5.73 Å². The van der Waals surface area contributed by atoms with Crippen molar-refractivity contribution in [3.05, 3.63) is 24.3 Å². The van der Waals surface area contributed by atoms with E-state index in [1.54, 1.807) is 11.8 Å². The number of ether oxygens (including phenoxy) is 1. The highest BCUT2D eigenvalue weighted by atomic mass is 32.2. The maximum Gasteiger partial charge on any atom is 0.200 e. The predicted molar refractivity (Wildman–Crippen MR) is 40.9 cm³/mol. The molecule has 10 heavy (non-hydrogen) atoms. The molecule has 0 aliphatic carbocycles. The first-order valence-electron chi connectivity index (χ1n) is 3.04. The first-order chi connectivity index (χ1) is 4.86. The van der Waals surface area contributed by atoms with Crippen LogP contribution < -0.4 is 10.5 Å². The SMILES string of the molecule is NC1Oc2ccccc2S1. The van der Waals surface area contributed by atoms with E-state index in [0.717, 1.165) is 10.6 Å². The van der Waals surface area contributed by atoms with Crippen LogP contribution in [-0.4, -0.2) is 5.56 Å². The highest BCUT2D eigenvalue weighted by Gasteiger charge is 2.18. The summed E-state index contributed by atoms with van der Waals surface area (Å²) in [5, 5.41) is 0. The fourth-order valence-electron chi connectivity index (χ4n) is 0.919. The molecule has 1 aliphatic rings. The number of fused-ring (bicyclic) bond motifs is 1. The Morgan fingerprint density at radius 2 is 2.20 bits per heavy atom. The second-order valence-electron chi connectivity index (χ2n) is 2.05. The van der Waals surface area contributed by atoms with E-state index in [0.29, 0.717) is 0 Å². The van der Waals surface area contributed by atoms with E-state index in [2.05, 4.69) is 0 Å². The van der Waals surface area contributed by atoms with Crippen LogP contribution in [-0.2, 0) is 0 Å². The van der Waals surface area contributed by atoms with Gasteiger partial charge in [0.1, 0.15) is 5.75 Å². The van der Waals surface area contributed by atoms with Crippen molar-refractivity contribution < 1.29 is 4.74 Å². The molecule has 0 radical (unpaired) electrons. The average molecular weight is 153 g/mol. The summed E-state index contributed by atoms with van der Waals surface area (Å²) < 4.78 is 5.25. The fraction of sp³-hybridized carbons (Fsp3) is 0.143. The molecule has 2 rings (SSSR count). The van der Waals surface area contributed by atoms with Crippen molar-refractivity contribution in [2.75, 3.05) is 0 Å². The smallest absolute Gasteiger partial charge is 0.200 e. The molecule has 3 heteroatoms. The first-order valence-corrected chi connectivity index (χ1v) is 3.92. The largest absolute Gasteiger partial charge is 0.465 e. The predicted octanol–water partition coefficient (Wildman–Crippen LogP) is 1.41. The Morgan fingerprint density at radius 1 is 1.40 bits per heavy atom. The van der Waals surface area contributed by atoms with Gasteiger partial charge in [0, 0.05) is 0 Å². The van der Waals surface area contributed by atoms with Crippen LogP contribution in [0.3, 0.4) is 0 Å². The van der Waals surface area contributed by atoms with Crippen LogP contribution in [0.5, 0.6) is 5.75 Å². The molecule has 0 fully saturated rings. The van der Waals surface area contributed by atoms with Gasteiger partial charge < -0.3 is 4.74 Å². The van der Waals surface area contributed by atoms with Crippen molar-refractivity contribution in [2.45, 2.75) is 10.5 Å². The lowest BCUT2D eigenvalue weighted by atomic mass is 10.3. The van der Waals surface area contributed by atoms with Gasteiger partial charge in [0.15, 0.2) is 0 Å². The third kappa shape index (κ3) is 0.874. The summed E-state index contributed by atoms with van der Waals surface area (Å²) in [5.41, 5.74) is 5.32. The number of hydrogen-bond acceptors (Lipinski definition) is 3. The lowest BCUT2D eigenvalue weighted by Gasteiger charge is -1.99. The highest BCUT2D eigenvalue weighted by molar-refractivity contribution is 8.00. The lowest BCUT2D eigenvalue weighted by molar-refractivity contribution is 0.303. The number of benzene rings is 1. The van der Waals surface area contributed by atoms with E-state index in [-0.39, 0.29) is 5.56 Å². The number of hydrogen-bond donors (Lipinski definition) is 1. The maximum atomic E-state index is 5.53. The zero-order valence-electron chi connectivity index (χ0n) is 5.28. The van der Waals surface area contributed by atoms with Gasteiger partial charge in [-0.25, -0.2) is 0 Å². The van der Waals surface area contributed by atoms with Crippen LogP contribution in [0.25, 0.3) is 0 Å². The van der Waals surface area contributed by atoms with E-state index in [1.807, 2.05) is 24.3 Å². The normalized spacial score (nSPS) is 21.9. The molecule has 0 spiro atoms. The molecule has 0 aromatic heterocycles. The molecule has 52 valence electrons. The van der Waals surface area contributed by atoms with Gasteiger partial charge in [-0.2, -0.15) is 0 Å². The summed E-state index contributed by atoms with van der Waals surface area (Å²) in [6.07, 6.45) is 0. The zero-order chi connectivity index (χ0) is 6.97. The summed E-state index contributed by atoms with van der Waals surface area (Å²) >= 11 is 1.55. The van der Waals surface area contributed by atoms with Crippen molar-refractivity contribution in [3.8, 4) is 5.75 Å². The van der Waals surface area contributed by atoms with E-state index in [1.165, 1.54) is 0 Å². The van der Waals surface area contributed by atoms with Crippen LogP contribution >= 0.6 is 11.8 Å². The Labute approximate surface area is 63.4 Å². The minimum atomic E-state index is -0.211. The van der Waals surface area contributed by atoms with E-state index in [4.69, 9.17) is 10.5 Å². The highest BCUT2D eigenvalue weighted by Crippen LogP contribution is 2.37. The summed E-state index contributed by atoms with van der Waals surface area (Å²) in [6, 6.07) is 7.85. The molecule has 1 unspecified atom stereocenters. The molecular weight excluding hydrogens is 146 g/mol. The third-order valence-electron chi connectivity index (χ3n) is 1.34. The van der Waals surface area contributed by atoms with E-state index >= 15 is 0 Å². The van der Waals surface area contributed by atoms with Gasteiger partial charge in [-0.1, -0.05) is 23.9 Å². The molecule has 1 aliphatic heterocycles. The van der Waals surface area contributed by atoms with Crippen molar-refractivity contribution in [3.63, 3.8) is 0 Å². The molecule has 1 heterocycles.